The second kappa shape index (κ2) is 9.66. The predicted octanol–water partition coefficient (Wildman–Crippen LogP) is 5.05. The van der Waals surface area contributed by atoms with Crippen molar-refractivity contribution in [1.29, 1.82) is 0 Å². The molecule has 5 rings (SSSR count). The topological polar surface area (TPSA) is 58.4 Å². The summed E-state index contributed by atoms with van der Waals surface area (Å²) in [5.74, 6) is -0.158. The van der Waals surface area contributed by atoms with Crippen molar-refractivity contribution in [2.45, 2.75) is 31.9 Å². The highest BCUT2D eigenvalue weighted by molar-refractivity contribution is 6.32. The van der Waals surface area contributed by atoms with E-state index in [4.69, 9.17) is 11.6 Å². The Morgan fingerprint density at radius 2 is 1.82 bits per heavy atom. The zero-order valence-electron chi connectivity index (χ0n) is 18.6. The minimum absolute atomic E-state index is 0.0982. The van der Waals surface area contributed by atoms with Crippen LogP contribution in [0.2, 0.25) is 5.02 Å². The Hall–Kier alpha value is -3.06. The van der Waals surface area contributed by atoms with Gasteiger partial charge in [0.25, 0.3) is 5.56 Å². The normalized spacial score (nSPS) is 15.1. The molecule has 1 atom stereocenters. The molecule has 174 valence electrons. The molecule has 5 nitrogen and oxygen atoms in total. The summed E-state index contributed by atoms with van der Waals surface area (Å²) in [7, 11) is 0. The molecule has 0 saturated carbocycles. The Bertz CT molecular complexity index is 1400. The standard InChI is InChI=1S/C27H25ClFN3O2/c28-22-8-1-2-9-24(22)32-26(30-23-11-10-20(29)15-21(23)27(32)34)16-25(33)19-7-5-6-18(14-19)17-31-12-3-4-13-31/h1-2,5-11,14-15,25,33H,3-4,12-13,16-17H2. The predicted molar refractivity (Wildman–Crippen MR) is 132 cm³/mol. The SMILES string of the molecule is O=c1c2cc(F)ccc2nc(CC(O)c2cccc(CN3CCCC3)c2)n1-c1ccccc1Cl. The molecule has 1 aromatic heterocycles. The van der Waals surface area contributed by atoms with E-state index in [0.717, 1.165) is 30.8 Å². The minimum atomic E-state index is -0.878. The van der Waals surface area contributed by atoms with Gasteiger partial charge in [-0.15, -0.1) is 0 Å². The summed E-state index contributed by atoms with van der Waals surface area (Å²) in [5.41, 5.74) is 2.29. The fraction of sp³-hybridized carbons (Fsp3) is 0.259. The van der Waals surface area contributed by atoms with Gasteiger partial charge in [0, 0.05) is 13.0 Å². The number of benzene rings is 3. The first kappa shape index (κ1) is 22.7. The van der Waals surface area contributed by atoms with Gasteiger partial charge in [-0.1, -0.05) is 48.0 Å². The molecular formula is C27H25ClFN3O2. The van der Waals surface area contributed by atoms with Crippen molar-refractivity contribution in [3.05, 3.63) is 105 Å². The first-order valence-corrected chi connectivity index (χ1v) is 11.8. The van der Waals surface area contributed by atoms with Crippen LogP contribution in [-0.2, 0) is 13.0 Å². The van der Waals surface area contributed by atoms with Gasteiger partial charge < -0.3 is 5.11 Å². The van der Waals surface area contributed by atoms with Crippen LogP contribution in [0.5, 0.6) is 0 Å². The van der Waals surface area contributed by atoms with Crippen molar-refractivity contribution in [3.8, 4) is 5.69 Å². The Balaban J connectivity index is 1.54. The van der Waals surface area contributed by atoms with Crippen LogP contribution in [0.4, 0.5) is 4.39 Å². The Kier molecular flexibility index (Phi) is 6.46. The first-order chi connectivity index (χ1) is 16.5. The van der Waals surface area contributed by atoms with Crippen LogP contribution in [0.25, 0.3) is 16.6 Å². The fourth-order valence-corrected chi connectivity index (χ4v) is 4.83. The number of rotatable bonds is 6. The van der Waals surface area contributed by atoms with Crippen molar-refractivity contribution < 1.29 is 9.50 Å². The summed E-state index contributed by atoms with van der Waals surface area (Å²) in [4.78, 5) is 20.5. The summed E-state index contributed by atoms with van der Waals surface area (Å²) in [6.45, 7) is 3.04. The van der Waals surface area contributed by atoms with E-state index in [1.165, 1.54) is 35.6 Å². The van der Waals surface area contributed by atoms with Crippen LogP contribution >= 0.6 is 11.6 Å². The van der Waals surface area contributed by atoms with Gasteiger partial charge in [0.2, 0.25) is 0 Å². The van der Waals surface area contributed by atoms with E-state index in [9.17, 15) is 14.3 Å². The van der Waals surface area contributed by atoms with Crippen LogP contribution in [-0.4, -0.2) is 32.6 Å². The molecule has 0 spiro atoms. The molecule has 1 N–H and O–H groups in total. The van der Waals surface area contributed by atoms with E-state index in [1.807, 2.05) is 18.2 Å². The Labute approximate surface area is 202 Å². The number of halogens is 2. The van der Waals surface area contributed by atoms with E-state index in [2.05, 4.69) is 16.0 Å². The number of likely N-dealkylation sites (tertiary alicyclic amines) is 1. The number of para-hydroxylation sites is 1. The van der Waals surface area contributed by atoms with E-state index in [-0.39, 0.29) is 11.8 Å². The van der Waals surface area contributed by atoms with Crippen LogP contribution < -0.4 is 5.56 Å². The average Bonchev–Trinajstić information content (AvgIpc) is 3.34. The number of aromatic nitrogens is 2. The zero-order chi connectivity index (χ0) is 23.7. The lowest BCUT2D eigenvalue weighted by Gasteiger charge is -2.19. The summed E-state index contributed by atoms with van der Waals surface area (Å²) in [5, 5.41) is 11.7. The summed E-state index contributed by atoms with van der Waals surface area (Å²) in [6, 6.07) is 18.8. The van der Waals surface area contributed by atoms with Crippen molar-refractivity contribution in [1.82, 2.24) is 14.5 Å². The smallest absolute Gasteiger partial charge is 0.266 e. The summed E-state index contributed by atoms with van der Waals surface area (Å²) >= 11 is 6.41. The number of hydrogen-bond donors (Lipinski definition) is 1. The lowest BCUT2D eigenvalue weighted by molar-refractivity contribution is 0.175. The molecule has 0 bridgehead atoms. The van der Waals surface area contributed by atoms with Gasteiger partial charge in [0.1, 0.15) is 11.6 Å². The number of nitrogens with zero attached hydrogens (tertiary/aromatic N) is 3. The minimum Gasteiger partial charge on any atom is -0.388 e. The van der Waals surface area contributed by atoms with Crippen LogP contribution in [0.3, 0.4) is 0 Å². The molecule has 1 aliphatic rings. The summed E-state index contributed by atoms with van der Waals surface area (Å²) < 4.78 is 15.3. The fourth-order valence-electron chi connectivity index (χ4n) is 4.61. The van der Waals surface area contributed by atoms with Gasteiger partial charge in [-0.25, -0.2) is 9.37 Å². The van der Waals surface area contributed by atoms with Crippen molar-refractivity contribution in [2.75, 3.05) is 13.1 Å². The van der Waals surface area contributed by atoms with E-state index >= 15 is 0 Å². The molecule has 34 heavy (non-hydrogen) atoms. The van der Waals surface area contributed by atoms with Gasteiger partial charge >= 0.3 is 0 Å². The highest BCUT2D eigenvalue weighted by atomic mass is 35.5. The highest BCUT2D eigenvalue weighted by Crippen LogP contribution is 2.25. The van der Waals surface area contributed by atoms with E-state index in [1.54, 1.807) is 24.3 Å². The number of fused-ring (bicyclic) bond motifs is 1. The van der Waals surface area contributed by atoms with Crippen molar-refractivity contribution >= 4 is 22.5 Å². The van der Waals surface area contributed by atoms with E-state index < -0.39 is 17.5 Å². The molecular weight excluding hydrogens is 453 g/mol. The molecule has 1 fully saturated rings. The Morgan fingerprint density at radius 3 is 2.62 bits per heavy atom. The molecule has 1 saturated heterocycles. The monoisotopic (exact) mass is 477 g/mol. The quantitative estimate of drug-likeness (QED) is 0.422. The Morgan fingerprint density at radius 1 is 1.03 bits per heavy atom. The summed E-state index contributed by atoms with van der Waals surface area (Å²) in [6.07, 6.45) is 1.66. The second-order valence-electron chi connectivity index (χ2n) is 8.73. The van der Waals surface area contributed by atoms with Gasteiger partial charge in [0.05, 0.1) is 27.7 Å². The molecule has 0 radical (unpaired) electrons. The van der Waals surface area contributed by atoms with Crippen LogP contribution in [0, 0.1) is 5.82 Å². The molecule has 0 amide bonds. The van der Waals surface area contributed by atoms with E-state index in [0.29, 0.717) is 22.1 Å². The lowest BCUT2D eigenvalue weighted by atomic mass is 10.0. The van der Waals surface area contributed by atoms with Gasteiger partial charge in [0.15, 0.2) is 0 Å². The van der Waals surface area contributed by atoms with Crippen LogP contribution in [0.15, 0.2) is 71.5 Å². The third-order valence-electron chi connectivity index (χ3n) is 6.31. The molecule has 7 heteroatoms. The molecule has 1 unspecified atom stereocenters. The maximum absolute atomic E-state index is 13.9. The average molecular weight is 478 g/mol. The first-order valence-electron chi connectivity index (χ1n) is 11.4. The maximum Gasteiger partial charge on any atom is 0.266 e. The molecule has 2 heterocycles. The third-order valence-corrected chi connectivity index (χ3v) is 6.63. The van der Waals surface area contributed by atoms with Crippen molar-refractivity contribution in [2.24, 2.45) is 0 Å². The van der Waals surface area contributed by atoms with Crippen LogP contribution in [0.1, 0.15) is 35.9 Å². The zero-order valence-corrected chi connectivity index (χ0v) is 19.4. The molecule has 4 aromatic rings. The number of aliphatic hydroxyl groups is 1. The van der Waals surface area contributed by atoms with Gasteiger partial charge in [-0.2, -0.15) is 0 Å². The van der Waals surface area contributed by atoms with Gasteiger partial charge in [-0.05, 0) is 67.4 Å². The van der Waals surface area contributed by atoms with Gasteiger partial charge in [-0.3, -0.25) is 14.3 Å². The maximum atomic E-state index is 13.9. The highest BCUT2D eigenvalue weighted by Gasteiger charge is 2.20. The third kappa shape index (κ3) is 4.62. The molecule has 1 aliphatic heterocycles. The second-order valence-corrected chi connectivity index (χ2v) is 9.14. The number of hydrogen-bond acceptors (Lipinski definition) is 4. The lowest BCUT2D eigenvalue weighted by Crippen LogP contribution is -2.25. The van der Waals surface area contributed by atoms with Crippen molar-refractivity contribution in [3.63, 3.8) is 0 Å². The number of aliphatic hydroxyl groups excluding tert-OH is 1. The molecule has 3 aromatic carbocycles. The molecule has 0 aliphatic carbocycles. The largest absolute Gasteiger partial charge is 0.388 e.